The van der Waals surface area contributed by atoms with Crippen LogP contribution in [0.4, 0.5) is 0 Å². The van der Waals surface area contributed by atoms with Crippen molar-refractivity contribution in [2.24, 2.45) is 0 Å². The first-order chi connectivity index (χ1) is 13.8. The van der Waals surface area contributed by atoms with E-state index in [1.165, 1.54) is 11.8 Å². The van der Waals surface area contributed by atoms with Crippen LogP contribution in [0, 0.1) is 0 Å². The number of rotatable bonds is 7. The summed E-state index contributed by atoms with van der Waals surface area (Å²) in [5.41, 5.74) is 2.68. The summed E-state index contributed by atoms with van der Waals surface area (Å²) in [6, 6.07) is 24.0. The molecule has 3 rings (SSSR count). The molecule has 0 aliphatic carbocycles. The molecule has 4 nitrogen and oxygen atoms in total. The highest BCUT2D eigenvalue weighted by Gasteiger charge is 2.16. The van der Waals surface area contributed by atoms with Crippen molar-refractivity contribution in [2.75, 3.05) is 6.26 Å². The second kappa shape index (κ2) is 9.29. The zero-order valence-electron chi connectivity index (χ0n) is 16.3. The highest BCUT2D eigenvalue weighted by molar-refractivity contribution is 7.98. The van der Waals surface area contributed by atoms with Gasteiger partial charge in [-0.05, 0) is 42.3 Å². The van der Waals surface area contributed by atoms with Gasteiger partial charge in [0.05, 0.1) is 16.5 Å². The van der Waals surface area contributed by atoms with E-state index in [4.69, 9.17) is 0 Å². The number of carbonyl (C=O) groups excluding carboxylic acids is 1. The van der Waals surface area contributed by atoms with E-state index in [9.17, 15) is 13.2 Å². The molecule has 0 heterocycles. The molecule has 0 aliphatic heterocycles. The van der Waals surface area contributed by atoms with Gasteiger partial charge in [-0.3, -0.25) is 4.79 Å². The Balaban J connectivity index is 1.70. The van der Waals surface area contributed by atoms with E-state index >= 15 is 0 Å². The minimum absolute atomic E-state index is 0.152. The summed E-state index contributed by atoms with van der Waals surface area (Å²) in [6.07, 6.45) is 1.18. The first-order valence-corrected chi connectivity index (χ1v) is 12.1. The molecule has 150 valence electrons. The van der Waals surface area contributed by atoms with Gasteiger partial charge in [-0.1, -0.05) is 54.6 Å². The topological polar surface area (TPSA) is 63.2 Å². The van der Waals surface area contributed by atoms with Gasteiger partial charge in [0.1, 0.15) is 0 Å². The van der Waals surface area contributed by atoms with Crippen LogP contribution in [-0.4, -0.2) is 20.6 Å². The van der Waals surface area contributed by atoms with Crippen LogP contribution in [0.25, 0.3) is 0 Å². The van der Waals surface area contributed by atoms with E-state index in [0.717, 1.165) is 16.2 Å². The first kappa shape index (κ1) is 21.1. The number of benzene rings is 3. The quantitative estimate of drug-likeness (QED) is 0.549. The predicted molar refractivity (Wildman–Crippen MR) is 118 cm³/mol. The van der Waals surface area contributed by atoms with Gasteiger partial charge in [0.2, 0.25) is 0 Å². The summed E-state index contributed by atoms with van der Waals surface area (Å²) in [5.74, 6) is 0.633. The zero-order chi connectivity index (χ0) is 20.9. The molecule has 1 amide bonds. The summed E-state index contributed by atoms with van der Waals surface area (Å²) in [4.78, 5) is 14.1. The van der Waals surface area contributed by atoms with Crippen LogP contribution in [-0.2, 0) is 15.6 Å². The molecule has 0 aliphatic rings. The van der Waals surface area contributed by atoms with Gasteiger partial charge in [-0.15, -0.1) is 11.8 Å². The largest absolute Gasteiger partial charge is 0.345 e. The fourth-order valence-electron chi connectivity index (χ4n) is 2.88. The molecule has 0 radical (unpaired) electrons. The van der Waals surface area contributed by atoms with E-state index in [-0.39, 0.29) is 16.8 Å². The van der Waals surface area contributed by atoms with Crippen LogP contribution in [0.3, 0.4) is 0 Å². The Bertz CT molecular complexity index is 1080. The number of nitrogens with one attached hydrogen (secondary N) is 1. The van der Waals surface area contributed by atoms with E-state index in [2.05, 4.69) is 17.4 Å². The van der Waals surface area contributed by atoms with Gasteiger partial charge in [0.25, 0.3) is 5.91 Å². The molecule has 0 saturated heterocycles. The van der Waals surface area contributed by atoms with Gasteiger partial charge in [0.15, 0.2) is 9.84 Å². The molecule has 0 fully saturated rings. The molecule has 29 heavy (non-hydrogen) atoms. The molecular formula is C23H23NO3S2. The summed E-state index contributed by atoms with van der Waals surface area (Å²) in [6.45, 7) is 1.88. The van der Waals surface area contributed by atoms with E-state index in [1.54, 1.807) is 36.0 Å². The molecule has 0 spiro atoms. The highest BCUT2D eigenvalue weighted by atomic mass is 32.2. The molecule has 0 aromatic heterocycles. The Morgan fingerprint density at radius 1 is 0.931 bits per heavy atom. The van der Waals surface area contributed by atoms with E-state index in [0.29, 0.717) is 5.56 Å². The van der Waals surface area contributed by atoms with Crippen molar-refractivity contribution in [1.29, 1.82) is 0 Å². The van der Waals surface area contributed by atoms with Crippen molar-refractivity contribution in [3.05, 3.63) is 95.6 Å². The van der Waals surface area contributed by atoms with Crippen LogP contribution in [0.1, 0.15) is 34.5 Å². The summed E-state index contributed by atoms with van der Waals surface area (Å²) >= 11 is 1.63. The third-order valence-corrected chi connectivity index (χ3v) is 6.80. The number of carbonyl (C=O) groups is 1. The molecule has 0 bridgehead atoms. The molecule has 3 aromatic carbocycles. The fraction of sp³-hybridized carbons (Fsp3) is 0.174. The molecule has 0 saturated carbocycles. The summed E-state index contributed by atoms with van der Waals surface area (Å²) < 4.78 is 23.2. The summed E-state index contributed by atoms with van der Waals surface area (Å²) in [7, 11) is -3.24. The lowest BCUT2D eigenvalue weighted by Gasteiger charge is -2.16. The number of amides is 1. The zero-order valence-corrected chi connectivity index (χ0v) is 18.0. The van der Waals surface area contributed by atoms with Crippen molar-refractivity contribution in [2.45, 2.75) is 28.5 Å². The maximum atomic E-state index is 12.9. The van der Waals surface area contributed by atoms with E-state index < -0.39 is 9.84 Å². The lowest BCUT2D eigenvalue weighted by molar-refractivity contribution is 0.0937. The smallest absolute Gasteiger partial charge is 0.252 e. The van der Waals surface area contributed by atoms with Crippen LogP contribution in [0.5, 0.6) is 0 Å². The maximum Gasteiger partial charge on any atom is 0.252 e. The minimum atomic E-state index is -3.24. The average molecular weight is 426 g/mol. The van der Waals surface area contributed by atoms with Crippen LogP contribution < -0.4 is 5.32 Å². The van der Waals surface area contributed by atoms with Crippen molar-refractivity contribution in [3.8, 4) is 0 Å². The van der Waals surface area contributed by atoms with Gasteiger partial charge < -0.3 is 5.32 Å². The Labute approximate surface area is 176 Å². The summed E-state index contributed by atoms with van der Waals surface area (Å²) in [5, 5.41) is 3.01. The molecule has 3 aromatic rings. The van der Waals surface area contributed by atoms with Crippen LogP contribution in [0.15, 0.2) is 88.7 Å². The molecule has 1 atom stereocenters. The number of hydrogen-bond donors (Lipinski definition) is 1. The highest BCUT2D eigenvalue weighted by Crippen LogP contribution is 2.27. The lowest BCUT2D eigenvalue weighted by atomic mass is 10.1. The average Bonchev–Trinajstić information content (AvgIpc) is 2.72. The Hall–Kier alpha value is -2.57. The van der Waals surface area contributed by atoms with Crippen LogP contribution in [0.2, 0.25) is 0 Å². The van der Waals surface area contributed by atoms with Gasteiger partial charge >= 0.3 is 0 Å². The van der Waals surface area contributed by atoms with E-state index in [1.807, 2.05) is 49.4 Å². The van der Waals surface area contributed by atoms with Crippen LogP contribution >= 0.6 is 11.8 Å². The van der Waals surface area contributed by atoms with Crippen molar-refractivity contribution >= 4 is 27.5 Å². The number of sulfone groups is 1. The normalized spacial score (nSPS) is 12.3. The number of hydrogen-bond acceptors (Lipinski definition) is 4. The fourth-order valence-corrected chi connectivity index (χ4v) is 4.51. The van der Waals surface area contributed by atoms with Gasteiger partial charge in [-0.25, -0.2) is 8.42 Å². The predicted octanol–water partition coefficient (Wildman–Crippen LogP) is 4.87. The van der Waals surface area contributed by atoms with Crippen molar-refractivity contribution in [1.82, 2.24) is 5.32 Å². The monoisotopic (exact) mass is 425 g/mol. The Kier molecular flexibility index (Phi) is 6.77. The maximum absolute atomic E-state index is 12.9. The Morgan fingerprint density at radius 2 is 1.55 bits per heavy atom. The molecule has 1 unspecified atom stereocenters. The molecule has 6 heteroatoms. The lowest BCUT2D eigenvalue weighted by Crippen LogP contribution is -2.27. The second-order valence-corrected chi connectivity index (χ2v) is 9.84. The SMILES string of the molecule is CC(NC(=O)c1ccccc1SCc1ccccc1)c1ccc(S(C)(=O)=O)cc1. The third kappa shape index (κ3) is 5.71. The number of thioether (sulfide) groups is 1. The van der Waals surface area contributed by atoms with Crippen molar-refractivity contribution in [3.63, 3.8) is 0 Å². The molecular weight excluding hydrogens is 402 g/mol. The first-order valence-electron chi connectivity index (χ1n) is 9.21. The minimum Gasteiger partial charge on any atom is -0.345 e. The second-order valence-electron chi connectivity index (χ2n) is 6.81. The van der Waals surface area contributed by atoms with Crippen molar-refractivity contribution < 1.29 is 13.2 Å². The van der Waals surface area contributed by atoms with Gasteiger partial charge in [-0.2, -0.15) is 0 Å². The Morgan fingerprint density at radius 3 is 2.21 bits per heavy atom. The standard InChI is InChI=1S/C23H23NO3S2/c1-17(19-12-14-20(15-13-19)29(2,26)27)24-23(25)21-10-6-7-11-22(21)28-16-18-8-4-3-5-9-18/h3-15,17H,16H2,1-2H3,(H,24,25). The third-order valence-electron chi connectivity index (χ3n) is 4.52. The van der Waals surface area contributed by atoms with Gasteiger partial charge in [0, 0.05) is 16.9 Å². The molecule has 1 N–H and O–H groups in total.